The molecule has 0 spiro atoms. The Bertz CT molecular complexity index is 862. The summed E-state index contributed by atoms with van der Waals surface area (Å²) >= 11 is 0. The molecular formula is C22H29N3O2. The van der Waals surface area contributed by atoms with Crippen LogP contribution >= 0.6 is 0 Å². The van der Waals surface area contributed by atoms with Gasteiger partial charge in [0.05, 0.1) is 11.1 Å². The Kier molecular flexibility index (Phi) is 5.78. The first-order chi connectivity index (χ1) is 13.0. The molecule has 2 aromatic rings. The van der Waals surface area contributed by atoms with Crippen LogP contribution in [0.2, 0.25) is 0 Å². The van der Waals surface area contributed by atoms with Crippen LogP contribution in [0, 0.1) is 6.92 Å². The van der Waals surface area contributed by atoms with Crippen molar-refractivity contribution < 1.29 is 9.59 Å². The largest absolute Gasteiger partial charge is 0.342 e. The van der Waals surface area contributed by atoms with Gasteiger partial charge < -0.3 is 9.80 Å². The maximum absolute atomic E-state index is 13.5. The van der Waals surface area contributed by atoms with Gasteiger partial charge in [-0.05, 0) is 43.5 Å². The van der Waals surface area contributed by atoms with E-state index < -0.39 is 0 Å². The summed E-state index contributed by atoms with van der Waals surface area (Å²) in [5, 5.41) is 0.880. The molecule has 5 heteroatoms. The molecule has 5 nitrogen and oxygen atoms in total. The molecule has 0 N–H and O–H groups in total. The second kappa shape index (κ2) is 8.07. The van der Waals surface area contributed by atoms with Gasteiger partial charge in [0.15, 0.2) is 0 Å². The first-order valence-corrected chi connectivity index (χ1v) is 9.92. The van der Waals surface area contributed by atoms with Gasteiger partial charge in [0.25, 0.3) is 5.91 Å². The summed E-state index contributed by atoms with van der Waals surface area (Å²) in [6, 6.07) is 7.61. The molecule has 0 saturated carbocycles. The van der Waals surface area contributed by atoms with Crippen molar-refractivity contribution in [2.75, 3.05) is 20.1 Å². The Labute approximate surface area is 161 Å². The smallest absolute Gasteiger partial charge is 0.255 e. The Morgan fingerprint density at radius 1 is 1.22 bits per heavy atom. The number of amides is 2. The van der Waals surface area contributed by atoms with E-state index in [1.807, 2.05) is 26.1 Å². The van der Waals surface area contributed by atoms with Crippen molar-refractivity contribution in [3.63, 3.8) is 0 Å². The van der Waals surface area contributed by atoms with Crippen LogP contribution in [0.5, 0.6) is 0 Å². The fraction of sp³-hybridized carbons (Fsp3) is 0.500. The molecule has 2 heterocycles. The predicted octanol–water partition coefficient (Wildman–Crippen LogP) is 3.58. The number of nitrogens with zero attached hydrogens (tertiary/aromatic N) is 3. The molecule has 1 fully saturated rings. The van der Waals surface area contributed by atoms with E-state index in [2.05, 4.69) is 31.0 Å². The molecule has 0 radical (unpaired) electrons. The number of benzene rings is 1. The van der Waals surface area contributed by atoms with Gasteiger partial charge in [0, 0.05) is 31.2 Å². The van der Waals surface area contributed by atoms with E-state index in [-0.39, 0.29) is 17.9 Å². The van der Waals surface area contributed by atoms with Gasteiger partial charge in [-0.1, -0.05) is 32.8 Å². The lowest BCUT2D eigenvalue weighted by Crippen LogP contribution is -2.57. The summed E-state index contributed by atoms with van der Waals surface area (Å²) in [5.74, 6) is -0.00585. The first-order valence-electron chi connectivity index (χ1n) is 9.92. The third kappa shape index (κ3) is 3.82. The fourth-order valence-electron chi connectivity index (χ4n) is 3.79. The van der Waals surface area contributed by atoms with Gasteiger partial charge in [-0.3, -0.25) is 14.6 Å². The van der Waals surface area contributed by atoms with Gasteiger partial charge in [0.1, 0.15) is 6.04 Å². The van der Waals surface area contributed by atoms with E-state index in [1.165, 1.54) is 5.56 Å². The number of hydrogen-bond acceptors (Lipinski definition) is 3. The van der Waals surface area contributed by atoms with Crippen LogP contribution in [0.4, 0.5) is 0 Å². The van der Waals surface area contributed by atoms with Crippen molar-refractivity contribution >= 4 is 22.7 Å². The number of fused-ring (bicyclic) bond motifs is 1. The van der Waals surface area contributed by atoms with Crippen LogP contribution in [0.15, 0.2) is 24.3 Å². The fourth-order valence-corrected chi connectivity index (χ4v) is 3.79. The summed E-state index contributed by atoms with van der Waals surface area (Å²) in [7, 11) is 1.82. The molecule has 1 aromatic carbocycles. The van der Waals surface area contributed by atoms with Crippen LogP contribution in [0.1, 0.15) is 54.7 Å². The number of piperazine rings is 1. The number of likely N-dealkylation sites (N-methyl/N-ethyl adjacent to an activating group) is 1. The number of carbonyl (C=O) groups excluding carboxylic acids is 2. The molecule has 1 saturated heterocycles. The van der Waals surface area contributed by atoms with E-state index in [0.717, 1.165) is 35.9 Å². The lowest BCUT2D eigenvalue weighted by Gasteiger charge is -2.39. The van der Waals surface area contributed by atoms with Crippen molar-refractivity contribution in [3.05, 3.63) is 41.1 Å². The van der Waals surface area contributed by atoms with Crippen LogP contribution in [-0.2, 0) is 11.2 Å². The molecule has 3 rings (SSSR count). The van der Waals surface area contributed by atoms with E-state index in [1.54, 1.807) is 9.80 Å². The minimum absolute atomic E-state index is 0.0485. The van der Waals surface area contributed by atoms with Gasteiger partial charge in [-0.15, -0.1) is 0 Å². The predicted molar refractivity (Wildman–Crippen MR) is 108 cm³/mol. The number of pyridine rings is 1. The zero-order chi connectivity index (χ0) is 19.6. The number of carbonyl (C=O) groups is 2. The standard InChI is InChI=1S/C22H29N3O2/c1-5-7-8-20-22(27)24(4)11-12-25(20)21(26)18-13-15(3)23-19-10-9-16(6-2)14-17(18)19/h9-10,13-14,20H,5-8,11-12H2,1-4H3/t20-/m0/s1. The SMILES string of the molecule is CCCC[C@H]1C(=O)N(C)CCN1C(=O)c1cc(C)nc2ccc(CC)cc12. The monoisotopic (exact) mass is 367 g/mol. The molecule has 27 heavy (non-hydrogen) atoms. The molecule has 144 valence electrons. The number of aryl methyl sites for hydroxylation is 2. The molecule has 0 bridgehead atoms. The average Bonchev–Trinajstić information content (AvgIpc) is 2.67. The maximum atomic E-state index is 13.5. The van der Waals surface area contributed by atoms with Crippen molar-refractivity contribution in [1.29, 1.82) is 0 Å². The first kappa shape index (κ1) is 19.3. The van der Waals surface area contributed by atoms with Crippen LogP contribution in [-0.4, -0.2) is 52.8 Å². The highest BCUT2D eigenvalue weighted by Gasteiger charge is 2.36. The highest BCUT2D eigenvalue weighted by Crippen LogP contribution is 2.25. The number of aromatic nitrogens is 1. The van der Waals surface area contributed by atoms with Crippen LogP contribution < -0.4 is 0 Å². The number of hydrogen-bond donors (Lipinski definition) is 0. The number of rotatable bonds is 5. The van der Waals surface area contributed by atoms with E-state index in [9.17, 15) is 9.59 Å². The lowest BCUT2D eigenvalue weighted by molar-refractivity contribution is -0.138. The van der Waals surface area contributed by atoms with E-state index in [4.69, 9.17) is 0 Å². The Hall–Kier alpha value is -2.43. The van der Waals surface area contributed by atoms with Gasteiger partial charge in [-0.25, -0.2) is 0 Å². The van der Waals surface area contributed by atoms with Gasteiger partial charge in [-0.2, -0.15) is 0 Å². The van der Waals surface area contributed by atoms with Crippen molar-refractivity contribution in [3.8, 4) is 0 Å². The molecule has 1 atom stereocenters. The molecule has 0 unspecified atom stereocenters. The minimum atomic E-state index is -0.367. The van der Waals surface area contributed by atoms with Crippen LogP contribution in [0.25, 0.3) is 10.9 Å². The normalized spacial score (nSPS) is 17.6. The Morgan fingerprint density at radius 3 is 2.70 bits per heavy atom. The van der Waals surface area contributed by atoms with Crippen molar-refractivity contribution in [2.45, 2.75) is 52.5 Å². The third-order valence-corrected chi connectivity index (χ3v) is 5.45. The molecular weight excluding hydrogens is 338 g/mol. The zero-order valence-electron chi connectivity index (χ0n) is 16.8. The number of unbranched alkanes of at least 4 members (excludes halogenated alkanes) is 1. The molecule has 0 aliphatic carbocycles. The van der Waals surface area contributed by atoms with E-state index in [0.29, 0.717) is 25.1 Å². The minimum Gasteiger partial charge on any atom is -0.342 e. The Morgan fingerprint density at radius 2 is 2.00 bits per heavy atom. The maximum Gasteiger partial charge on any atom is 0.255 e. The molecule has 1 aliphatic rings. The molecule has 1 aliphatic heterocycles. The Balaban J connectivity index is 2.04. The van der Waals surface area contributed by atoms with E-state index >= 15 is 0 Å². The summed E-state index contributed by atoms with van der Waals surface area (Å²) in [6.07, 6.45) is 3.56. The third-order valence-electron chi connectivity index (χ3n) is 5.45. The second-order valence-corrected chi connectivity index (χ2v) is 7.43. The van der Waals surface area contributed by atoms with Crippen molar-refractivity contribution in [1.82, 2.24) is 14.8 Å². The molecule has 2 amide bonds. The zero-order valence-corrected chi connectivity index (χ0v) is 16.8. The summed E-state index contributed by atoms with van der Waals surface area (Å²) < 4.78 is 0. The van der Waals surface area contributed by atoms with Crippen LogP contribution in [0.3, 0.4) is 0 Å². The van der Waals surface area contributed by atoms with Gasteiger partial charge >= 0.3 is 0 Å². The summed E-state index contributed by atoms with van der Waals surface area (Å²) in [5.41, 5.74) is 3.49. The average molecular weight is 367 g/mol. The topological polar surface area (TPSA) is 53.5 Å². The van der Waals surface area contributed by atoms with Crippen molar-refractivity contribution in [2.24, 2.45) is 0 Å². The summed E-state index contributed by atoms with van der Waals surface area (Å²) in [4.78, 5) is 34.4. The lowest BCUT2D eigenvalue weighted by atomic mass is 9.99. The summed E-state index contributed by atoms with van der Waals surface area (Å²) in [6.45, 7) is 7.27. The second-order valence-electron chi connectivity index (χ2n) is 7.43. The quantitative estimate of drug-likeness (QED) is 0.812. The van der Waals surface area contributed by atoms with Gasteiger partial charge in [0.2, 0.25) is 5.91 Å². The molecule has 1 aromatic heterocycles. The highest BCUT2D eigenvalue weighted by atomic mass is 16.2. The highest BCUT2D eigenvalue weighted by molar-refractivity contribution is 6.07.